The van der Waals surface area contributed by atoms with E-state index in [0.717, 1.165) is 16.8 Å². The Morgan fingerprint density at radius 2 is 2.16 bits per heavy atom. The number of benzene rings is 1. The lowest BCUT2D eigenvalue weighted by Crippen LogP contribution is -2.26. The van der Waals surface area contributed by atoms with E-state index in [2.05, 4.69) is 10.4 Å². The second kappa shape index (κ2) is 5.85. The Morgan fingerprint density at radius 3 is 2.84 bits per heavy atom. The molecule has 1 N–H and O–H groups in total. The summed E-state index contributed by atoms with van der Waals surface area (Å²) in [6.07, 6.45) is 0.844. The number of hydrogen-bond acceptors (Lipinski definition) is 4. The number of carbonyl (C=O) groups excluding carboxylic acids is 1. The minimum atomic E-state index is -3.04. The second-order valence-electron chi connectivity index (χ2n) is 6.71. The minimum Gasteiger partial charge on any atom is -0.311 e. The topological polar surface area (TPSA) is 81.1 Å². The van der Waals surface area contributed by atoms with E-state index >= 15 is 0 Å². The van der Waals surface area contributed by atoms with Crippen molar-refractivity contribution in [2.24, 2.45) is 0 Å². The summed E-state index contributed by atoms with van der Waals surface area (Å²) >= 11 is 6.12. The molecule has 0 aliphatic carbocycles. The highest BCUT2D eigenvalue weighted by Gasteiger charge is 2.37. The fraction of sp³-hybridized carbons (Fsp3) is 0.412. The van der Waals surface area contributed by atoms with Crippen molar-refractivity contribution in [3.8, 4) is 0 Å². The maximum atomic E-state index is 12.3. The van der Waals surface area contributed by atoms with Crippen molar-refractivity contribution in [2.75, 3.05) is 16.8 Å². The summed E-state index contributed by atoms with van der Waals surface area (Å²) in [5.74, 6) is 0.629. The molecule has 0 bridgehead atoms. The fourth-order valence-electron chi connectivity index (χ4n) is 3.81. The number of aryl methyl sites for hydroxylation is 1. The highest BCUT2D eigenvalue weighted by atomic mass is 35.5. The Bertz CT molecular complexity index is 968. The lowest BCUT2D eigenvalue weighted by atomic mass is 9.86. The molecule has 2 atom stereocenters. The van der Waals surface area contributed by atoms with Gasteiger partial charge in [0.25, 0.3) is 0 Å². The van der Waals surface area contributed by atoms with Crippen molar-refractivity contribution in [1.29, 1.82) is 0 Å². The third-order valence-electron chi connectivity index (χ3n) is 4.93. The number of sulfone groups is 1. The molecule has 8 heteroatoms. The van der Waals surface area contributed by atoms with Gasteiger partial charge in [0.2, 0.25) is 5.91 Å². The fourth-order valence-corrected chi connectivity index (χ4v) is 5.70. The van der Waals surface area contributed by atoms with Crippen LogP contribution in [-0.2, 0) is 14.6 Å². The molecule has 1 aromatic heterocycles. The molecule has 1 saturated heterocycles. The summed E-state index contributed by atoms with van der Waals surface area (Å²) in [7, 11) is -3.04. The molecule has 132 valence electrons. The zero-order valence-electron chi connectivity index (χ0n) is 13.7. The Balaban J connectivity index is 1.81. The largest absolute Gasteiger partial charge is 0.311 e. The minimum absolute atomic E-state index is 0.0677. The van der Waals surface area contributed by atoms with Gasteiger partial charge in [-0.3, -0.25) is 4.79 Å². The Hall–Kier alpha value is -1.86. The van der Waals surface area contributed by atoms with Gasteiger partial charge in [-0.15, -0.1) is 0 Å². The number of nitrogens with one attached hydrogen (secondary N) is 1. The lowest BCUT2D eigenvalue weighted by Gasteiger charge is -2.25. The number of fused-ring (bicyclic) bond motifs is 1. The number of hydrogen-bond donors (Lipinski definition) is 1. The van der Waals surface area contributed by atoms with Crippen LogP contribution in [0, 0.1) is 6.92 Å². The van der Waals surface area contributed by atoms with Crippen LogP contribution in [0.4, 0.5) is 5.82 Å². The number of rotatable bonds is 2. The van der Waals surface area contributed by atoms with Crippen molar-refractivity contribution < 1.29 is 13.2 Å². The average molecular weight is 380 g/mol. The van der Waals surface area contributed by atoms with E-state index in [1.165, 1.54) is 0 Å². The zero-order chi connectivity index (χ0) is 17.8. The molecule has 6 nitrogen and oxygen atoms in total. The molecule has 0 radical (unpaired) electrons. The quantitative estimate of drug-likeness (QED) is 0.869. The number of nitrogens with zero attached hydrogens (tertiary/aromatic N) is 2. The summed E-state index contributed by atoms with van der Waals surface area (Å²) in [5, 5.41) is 8.10. The standard InChI is InChI=1S/C17H18ClN3O3S/c1-10-16-14(11-3-2-4-12(18)7-11)8-15(22)19-17(16)21(20-10)13-5-6-25(23,24)9-13/h2-4,7,13-14H,5-6,8-9H2,1H3,(H,19,22). The Labute approximate surface area is 151 Å². The first kappa shape index (κ1) is 16.6. The Morgan fingerprint density at radius 1 is 1.36 bits per heavy atom. The van der Waals surface area contributed by atoms with E-state index < -0.39 is 9.84 Å². The van der Waals surface area contributed by atoms with E-state index in [1.807, 2.05) is 25.1 Å². The summed E-state index contributed by atoms with van der Waals surface area (Å²) in [6.45, 7) is 1.90. The van der Waals surface area contributed by atoms with Gasteiger partial charge in [0.15, 0.2) is 9.84 Å². The van der Waals surface area contributed by atoms with Crippen LogP contribution in [0.3, 0.4) is 0 Å². The van der Waals surface area contributed by atoms with Crippen molar-refractivity contribution in [3.63, 3.8) is 0 Å². The zero-order valence-corrected chi connectivity index (χ0v) is 15.3. The third-order valence-corrected chi connectivity index (χ3v) is 6.92. The van der Waals surface area contributed by atoms with Gasteiger partial charge in [0.1, 0.15) is 5.82 Å². The van der Waals surface area contributed by atoms with Gasteiger partial charge < -0.3 is 5.32 Å². The highest BCUT2D eigenvalue weighted by molar-refractivity contribution is 7.91. The molecule has 25 heavy (non-hydrogen) atoms. The third kappa shape index (κ3) is 2.95. The van der Waals surface area contributed by atoms with E-state index in [-0.39, 0.29) is 29.4 Å². The van der Waals surface area contributed by atoms with Crippen LogP contribution in [0.5, 0.6) is 0 Å². The lowest BCUT2D eigenvalue weighted by molar-refractivity contribution is -0.116. The first-order valence-corrected chi connectivity index (χ1v) is 10.4. The van der Waals surface area contributed by atoms with E-state index in [0.29, 0.717) is 23.7 Å². The smallest absolute Gasteiger partial charge is 0.226 e. The summed E-state index contributed by atoms with van der Waals surface area (Å²) in [4.78, 5) is 12.3. The number of aromatic nitrogens is 2. The van der Waals surface area contributed by atoms with Crippen LogP contribution < -0.4 is 5.32 Å². The molecule has 0 spiro atoms. The van der Waals surface area contributed by atoms with Crippen molar-refractivity contribution in [3.05, 3.63) is 46.1 Å². The molecule has 4 rings (SSSR count). The number of halogens is 1. The molecule has 3 heterocycles. The molecule has 1 fully saturated rings. The Kier molecular flexibility index (Phi) is 3.88. The van der Waals surface area contributed by atoms with E-state index in [4.69, 9.17) is 11.6 Å². The SMILES string of the molecule is Cc1nn(C2CCS(=O)(=O)C2)c2c1C(c1cccc(Cl)c1)CC(=O)N2. The first-order valence-electron chi connectivity index (χ1n) is 8.19. The molecule has 2 aliphatic heterocycles. The van der Waals surface area contributed by atoms with Gasteiger partial charge in [-0.25, -0.2) is 13.1 Å². The van der Waals surface area contributed by atoms with E-state index in [9.17, 15) is 13.2 Å². The van der Waals surface area contributed by atoms with E-state index in [1.54, 1.807) is 10.7 Å². The summed E-state index contributed by atoms with van der Waals surface area (Å²) in [6, 6.07) is 7.26. The molecule has 2 aliphatic rings. The van der Waals surface area contributed by atoms with Crippen molar-refractivity contribution >= 4 is 33.2 Å². The van der Waals surface area contributed by atoms with Gasteiger partial charge in [0.05, 0.1) is 23.2 Å². The molecule has 1 amide bonds. The van der Waals surface area contributed by atoms with Crippen LogP contribution in [0.1, 0.15) is 41.6 Å². The predicted octanol–water partition coefficient (Wildman–Crippen LogP) is 2.68. The molecule has 0 saturated carbocycles. The van der Waals surface area contributed by atoms with Gasteiger partial charge in [0, 0.05) is 22.9 Å². The number of amides is 1. The van der Waals surface area contributed by atoms with Crippen LogP contribution >= 0.6 is 11.6 Å². The van der Waals surface area contributed by atoms with Gasteiger partial charge >= 0.3 is 0 Å². The molecular weight excluding hydrogens is 362 g/mol. The predicted molar refractivity (Wildman–Crippen MR) is 95.8 cm³/mol. The monoisotopic (exact) mass is 379 g/mol. The van der Waals surface area contributed by atoms with Crippen LogP contribution in [0.25, 0.3) is 0 Å². The summed E-state index contributed by atoms with van der Waals surface area (Å²) in [5.41, 5.74) is 2.72. The van der Waals surface area contributed by atoms with Gasteiger partial charge in [-0.2, -0.15) is 5.10 Å². The maximum absolute atomic E-state index is 12.3. The highest BCUT2D eigenvalue weighted by Crippen LogP contribution is 2.41. The van der Waals surface area contributed by atoms with Crippen LogP contribution in [0.15, 0.2) is 24.3 Å². The van der Waals surface area contributed by atoms with Crippen molar-refractivity contribution in [1.82, 2.24) is 9.78 Å². The molecule has 2 unspecified atom stereocenters. The average Bonchev–Trinajstić information content (AvgIpc) is 3.06. The normalized spacial score (nSPS) is 24.8. The molecule has 1 aromatic carbocycles. The molecule has 2 aromatic rings. The first-order chi connectivity index (χ1) is 11.8. The van der Waals surface area contributed by atoms with Gasteiger partial charge in [-0.1, -0.05) is 23.7 Å². The summed E-state index contributed by atoms with van der Waals surface area (Å²) < 4.78 is 25.4. The second-order valence-corrected chi connectivity index (χ2v) is 9.37. The molecular formula is C17H18ClN3O3S. The number of carbonyl (C=O) groups is 1. The van der Waals surface area contributed by atoms with Gasteiger partial charge in [-0.05, 0) is 31.0 Å². The van der Waals surface area contributed by atoms with Crippen LogP contribution in [-0.4, -0.2) is 35.6 Å². The van der Waals surface area contributed by atoms with Crippen molar-refractivity contribution in [2.45, 2.75) is 31.7 Å². The number of anilines is 1. The van der Waals surface area contributed by atoms with Crippen LogP contribution in [0.2, 0.25) is 5.02 Å². The maximum Gasteiger partial charge on any atom is 0.226 e.